The smallest absolute Gasteiger partial charge is 0.316 e. The second-order valence-electron chi connectivity index (χ2n) is 2.99. The largest absolute Gasteiger partial charge is 0.462 e. The van der Waals surface area contributed by atoms with Crippen molar-refractivity contribution in [1.29, 1.82) is 0 Å². The second-order valence-corrected chi connectivity index (χ2v) is 4.09. The summed E-state index contributed by atoms with van der Waals surface area (Å²) in [6.07, 6.45) is 1.38. The molecule has 0 aromatic rings. The van der Waals surface area contributed by atoms with Gasteiger partial charge < -0.3 is 4.74 Å². The number of halogens is 1. The molecule has 4 heteroatoms. The number of thioether (sulfide) groups is 1. The van der Waals surface area contributed by atoms with Crippen LogP contribution in [0.5, 0.6) is 0 Å². The van der Waals surface area contributed by atoms with Gasteiger partial charge in [0, 0.05) is 0 Å². The fourth-order valence-corrected chi connectivity index (χ4v) is 1.54. The molecule has 0 fully saturated rings. The van der Waals surface area contributed by atoms with E-state index in [1.54, 1.807) is 0 Å². The Morgan fingerprint density at radius 1 is 1.46 bits per heavy atom. The van der Waals surface area contributed by atoms with Crippen LogP contribution in [-0.2, 0) is 9.53 Å². The topological polar surface area (TPSA) is 26.3 Å². The van der Waals surface area contributed by atoms with Gasteiger partial charge in [0.15, 0.2) is 0 Å². The molecule has 0 amide bonds. The van der Waals surface area contributed by atoms with E-state index in [2.05, 4.69) is 0 Å². The quantitative estimate of drug-likeness (QED) is 0.475. The lowest BCUT2D eigenvalue weighted by Crippen LogP contribution is -2.13. The predicted molar refractivity (Wildman–Crippen MR) is 53.8 cm³/mol. The normalized spacial score (nSPS) is 10.5. The van der Waals surface area contributed by atoms with Crippen LogP contribution in [0.1, 0.15) is 26.7 Å². The predicted octanol–water partition coefficient (Wildman–Crippen LogP) is 2.42. The molecule has 0 aromatic carbocycles. The minimum absolute atomic E-state index is 0.0426. The third kappa shape index (κ3) is 9.67. The van der Waals surface area contributed by atoms with Crippen LogP contribution in [0.4, 0.5) is 4.39 Å². The second kappa shape index (κ2) is 8.35. The van der Waals surface area contributed by atoms with Crippen molar-refractivity contribution in [2.75, 3.05) is 18.2 Å². The molecule has 0 unspecified atom stereocenters. The van der Waals surface area contributed by atoms with E-state index in [1.807, 2.05) is 13.8 Å². The van der Waals surface area contributed by atoms with Crippen LogP contribution >= 0.6 is 11.8 Å². The Hall–Kier alpha value is -0.250. The van der Waals surface area contributed by atoms with E-state index in [0.29, 0.717) is 12.2 Å². The molecule has 0 aromatic heterocycles. The maximum absolute atomic E-state index is 11.7. The van der Waals surface area contributed by atoms with Gasteiger partial charge in [-0.1, -0.05) is 0 Å². The lowest BCUT2D eigenvalue weighted by Gasteiger charge is -2.06. The fourth-order valence-electron chi connectivity index (χ4n) is 0.751. The van der Waals surface area contributed by atoms with Crippen molar-refractivity contribution < 1.29 is 13.9 Å². The standard InChI is InChI=1S/C9H17FO2S/c1-8(2)12-9(11)7-13-6-4-3-5-10/h8H,3-7H2,1-2H3. The Morgan fingerprint density at radius 2 is 2.15 bits per heavy atom. The van der Waals surface area contributed by atoms with Crippen LogP contribution in [0.3, 0.4) is 0 Å². The molecule has 0 aliphatic carbocycles. The number of carbonyl (C=O) groups excluding carboxylic acids is 1. The number of esters is 1. The van der Waals surface area contributed by atoms with Gasteiger partial charge in [0.1, 0.15) is 0 Å². The highest BCUT2D eigenvalue weighted by Crippen LogP contribution is 2.06. The van der Waals surface area contributed by atoms with Gasteiger partial charge in [-0.25, -0.2) is 0 Å². The molecule has 0 bridgehead atoms. The van der Waals surface area contributed by atoms with Crippen molar-refractivity contribution in [3.8, 4) is 0 Å². The molecule has 78 valence electrons. The van der Waals surface area contributed by atoms with Crippen LogP contribution < -0.4 is 0 Å². The highest BCUT2D eigenvalue weighted by atomic mass is 32.2. The lowest BCUT2D eigenvalue weighted by molar-refractivity contribution is -0.144. The van der Waals surface area contributed by atoms with Crippen molar-refractivity contribution in [2.24, 2.45) is 0 Å². The first-order valence-corrected chi connectivity index (χ1v) is 5.65. The number of alkyl halides is 1. The van der Waals surface area contributed by atoms with E-state index < -0.39 is 0 Å². The van der Waals surface area contributed by atoms with Crippen molar-refractivity contribution in [3.05, 3.63) is 0 Å². The molecule has 0 N–H and O–H groups in total. The van der Waals surface area contributed by atoms with Crippen molar-refractivity contribution in [3.63, 3.8) is 0 Å². The van der Waals surface area contributed by atoms with Crippen LogP contribution in [-0.4, -0.2) is 30.3 Å². The Morgan fingerprint density at radius 3 is 2.69 bits per heavy atom. The zero-order chi connectivity index (χ0) is 10.1. The molecule has 0 saturated heterocycles. The van der Waals surface area contributed by atoms with Gasteiger partial charge in [-0.2, -0.15) is 11.8 Å². The summed E-state index contributed by atoms with van der Waals surface area (Å²) in [5.74, 6) is 1.03. The van der Waals surface area contributed by atoms with E-state index in [4.69, 9.17) is 4.74 Å². The molecule has 0 atom stereocenters. The van der Waals surface area contributed by atoms with E-state index in [-0.39, 0.29) is 18.7 Å². The first-order valence-electron chi connectivity index (χ1n) is 4.50. The number of rotatable bonds is 7. The molecule has 13 heavy (non-hydrogen) atoms. The number of carbonyl (C=O) groups is 1. The minimum Gasteiger partial charge on any atom is -0.462 e. The summed E-state index contributed by atoms with van der Waals surface area (Å²) >= 11 is 1.50. The summed E-state index contributed by atoms with van der Waals surface area (Å²) in [7, 11) is 0. The summed E-state index contributed by atoms with van der Waals surface area (Å²) in [5.41, 5.74) is 0. The number of hydrogen-bond acceptors (Lipinski definition) is 3. The summed E-state index contributed by atoms with van der Waals surface area (Å²) in [4.78, 5) is 11.0. The van der Waals surface area contributed by atoms with E-state index in [1.165, 1.54) is 11.8 Å². The highest BCUT2D eigenvalue weighted by Gasteiger charge is 2.04. The van der Waals surface area contributed by atoms with Crippen LogP contribution in [0.2, 0.25) is 0 Å². The van der Waals surface area contributed by atoms with Gasteiger partial charge in [0.05, 0.1) is 18.5 Å². The average Bonchev–Trinajstić information content (AvgIpc) is 2.02. The zero-order valence-electron chi connectivity index (χ0n) is 8.22. The summed E-state index contributed by atoms with van der Waals surface area (Å²) < 4.78 is 16.6. The van der Waals surface area contributed by atoms with E-state index in [9.17, 15) is 9.18 Å². The third-order valence-electron chi connectivity index (χ3n) is 1.26. The number of hydrogen-bond donors (Lipinski definition) is 0. The molecule has 2 nitrogen and oxygen atoms in total. The molecular weight excluding hydrogens is 191 g/mol. The number of unbranched alkanes of at least 4 members (excludes halogenated alkanes) is 1. The Balaban J connectivity index is 3.17. The van der Waals surface area contributed by atoms with Gasteiger partial charge >= 0.3 is 5.97 Å². The molecular formula is C9H17FO2S. The summed E-state index contributed by atoms with van der Waals surface area (Å²) in [5, 5.41) is 0. The average molecular weight is 208 g/mol. The summed E-state index contributed by atoms with van der Waals surface area (Å²) in [6.45, 7) is 3.38. The molecule has 0 saturated carbocycles. The fraction of sp³-hybridized carbons (Fsp3) is 0.889. The molecule has 0 spiro atoms. The molecule has 0 aliphatic heterocycles. The van der Waals surface area contributed by atoms with Gasteiger partial charge in [0.25, 0.3) is 0 Å². The van der Waals surface area contributed by atoms with Gasteiger partial charge in [-0.05, 0) is 32.4 Å². The molecule has 0 heterocycles. The van der Waals surface area contributed by atoms with Crippen LogP contribution in [0, 0.1) is 0 Å². The SMILES string of the molecule is CC(C)OC(=O)CSCCCCF. The van der Waals surface area contributed by atoms with Crippen molar-refractivity contribution >= 4 is 17.7 Å². The Labute approximate surface area is 83.2 Å². The van der Waals surface area contributed by atoms with Gasteiger partial charge in [-0.15, -0.1) is 0 Å². The van der Waals surface area contributed by atoms with Crippen LogP contribution in [0.25, 0.3) is 0 Å². The zero-order valence-corrected chi connectivity index (χ0v) is 9.03. The monoisotopic (exact) mass is 208 g/mol. The maximum atomic E-state index is 11.7. The van der Waals surface area contributed by atoms with Gasteiger partial charge in [0.2, 0.25) is 0 Å². The van der Waals surface area contributed by atoms with Crippen molar-refractivity contribution in [2.45, 2.75) is 32.8 Å². The molecule has 0 rings (SSSR count). The Bertz CT molecular complexity index is 140. The molecule has 0 radical (unpaired) electrons. The third-order valence-corrected chi connectivity index (χ3v) is 2.28. The van der Waals surface area contributed by atoms with Gasteiger partial charge in [-0.3, -0.25) is 9.18 Å². The first-order chi connectivity index (χ1) is 6.16. The van der Waals surface area contributed by atoms with Crippen LogP contribution in [0.15, 0.2) is 0 Å². The van der Waals surface area contributed by atoms with E-state index in [0.717, 1.165) is 12.2 Å². The number of ether oxygens (including phenoxy) is 1. The highest BCUT2D eigenvalue weighted by molar-refractivity contribution is 7.99. The maximum Gasteiger partial charge on any atom is 0.316 e. The lowest BCUT2D eigenvalue weighted by atomic mass is 10.4. The first kappa shape index (κ1) is 12.8. The minimum atomic E-state index is -0.267. The molecule has 0 aliphatic rings. The summed E-state index contributed by atoms with van der Waals surface area (Å²) in [6, 6.07) is 0. The Kier molecular flexibility index (Phi) is 8.19. The van der Waals surface area contributed by atoms with Crippen molar-refractivity contribution in [1.82, 2.24) is 0 Å². The van der Waals surface area contributed by atoms with E-state index >= 15 is 0 Å².